The second-order valence-electron chi connectivity index (χ2n) is 5.94. The standard InChI is InChI=1S/C12H11BO.C9H13NO/c14-13(11-7-3-1-4-8-11)12-9-5-2-6-10-12;1-7(10)9(11)8-5-3-2-4-6-8/h1-10,14H;2-7,9,11H,10H2,1H3. The number of aliphatic hydroxyl groups excluding tert-OH is 1. The molecular weight excluding hydrogens is 309 g/mol. The summed E-state index contributed by atoms with van der Waals surface area (Å²) in [6.45, 7) is 1.27. The smallest absolute Gasteiger partial charge is 0.358 e. The highest BCUT2D eigenvalue weighted by Gasteiger charge is 2.15. The Kier molecular flexibility index (Phi) is 7.42. The molecule has 0 heterocycles. The first kappa shape index (κ1) is 18.9. The van der Waals surface area contributed by atoms with Crippen molar-refractivity contribution in [2.75, 3.05) is 0 Å². The third-order valence-electron chi connectivity index (χ3n) is 3.87. The van der Waals surface area contributed by atoms with Crippen LogP contribution >= 0.6 is 0 Å². The number of aliphatic hydroxyl groups is 1. The number of rotatable bonds is 4. The minimum Gasteiger partial charge on any atom is -0.443 e. The fourth-order valence-electron chi connectivity index (χ4n) is 2.42. The van der Waals surface area contributed by atoms with Crippen molar-refractivity contribution >= 4 is 17.8 Å². The van der Waals surface area contributed by atoms with Gasteiger partial charge in [0, 0.05) is 6.04 Å². The van der Waals surface area contributed by atoms with Crippen LogP contribution in [-0.2, 0) is 0 Å². The molecule has 4 N–H and O–H groups in total. The highest BCUT2D eigenvalue weighted by atomic mass is 16.3. The number of hydrogen-bond donors (Lipinski definition) is 3. The Morgan fingerprint density at radius 3 is 1.44 bits per heavy atom. The molecule has 0 fully saturated rings. The summed E-state index contributed by atoms with van der Waals surface area (Å²) < 4.78 is 0. The molecule has 3 nitrogen and oxygen atoms in total. The molecule has 3 rings (SSSR count). The highest BCUT2D eigenvalue weighted by Crippen LogP contribution is 2.13. The zero-order valence-electron chi connectivity index (χ0n) is 14.4. The fourth-order valence-corrected chi connectivity index (χ4v) is 2.42. The molecule has 0 bridgehead atoms. The van der Waals surface area contributed by atoms with E-state index in [1.54, 1.807) is 6.92 Å². The Morgan fingerprint density at radius 1 is 0.720 bits per heavy atom. The van der Waals surface area contributed by atoms with Gasteiger partial charge in [-0.25, -0.2) is 0 Å². The molecule has 0 aliphatic heterocycles. The van der Waals surface area contributed by atoms with Gasteiger partial charge < -0.3 is 15.9 Å². The summed E-state index contributed by atoms with van der Waals surface area (Å²) in [4.78, 5) is 0. The Labute approximate surface area is 149 Å². The van der Waals surface area contributed by atoms with Crippen LogP contribution in [0, 0.1) is 0 Å². The van der Waals surface area contributed by atoms with Crippen molar-refractivity contribution < 1.29 is 10.1 Å². The van der Waals surface area contributed by atoms with E-state index in [1.165, 1.54) is 0 Å². The molecule has 2 atom stereocenters. The summed E-state index contributed by atoms with van der Waals surface area (Å²) in [6, 6.07) is 28.6. The van der Waals surface area contributed by atoms with Crippen LogP contribution in [0.25, 0.3) is 0 Å². The molecule has 0 aromatic heterocycles. The molecule has 0 saturated carbocycles. The van der Waals surface area contributed by atoms with Crippen molar-refractivity contribution in [2.24, 2.45) is 5.73 Å². The van der Waals surface area contributed by atoms with Gasteiger partial charge in [0.05, 0.1) is 6.10 Å². The summed E-state index contributed by atoms with van der Waals surface area (Å²) in [5, 5.41) is 19.5. The van der Waals surface area contributed by atoms with Gasteiger partial charge in [-0.05, 0) is 23.4 Å². The van der Waals surface area contributed by atoms with Crippen molar-refractivity contribution in [3.63, 3.8) is 0 Å². The van der Waals surface area contributed by atoms with Crippen LogP contribution in [0.3, 0.4) is 0 Å². The molecule has 25 heavy (non-hydrogen) atoms. The van der Waals surface area contributed by atoms with Gasteiger partial charge in [-0.1, -0.05) is 91.0 Å². The minimum atomic E-state index is -0.545. The third kappa shape index (κ3) is 5.87. The predicted octanol–water partition coefficient (Wildman–Crippen LogP) is 1.85. The lowest BCUT2D eigenvalue weighted by molar-refractivity contribution is 0.153. The Bertz CT molecular complexity index is 681. The number of benzene rings is 3. The van der Waals surface area contributed by atoms with Gasteiger partial charge in [-0.2, -0.15) is 0 Å². The van der Waals surface area contributed by atoms with Gasteiger partial charge in [0.2, 0.25) is 0 Å². The van der Waals surface area contributed by atoms with E-state index in [0.717, 1.165) is 16.5 Å². The molecule has 0 aliphatic rings. The van der Waals surface area contributed by atoms with Crippen molar-refractivity contribution in [3.8, 4) is 0 Å². The molecule has 0 aliphatic carbocycles. The fraction of sp³-hybridized carbons (Fsp3) is 0.143. The lowest BCUT2D eigenvalue weighted by Crippen LogP contribution is -2.41. The summed E-state index contributed by atoms with van der Waals surface area (Å²) in [5.41, 5.74) is 8.25. The van der Waals surface area contributed by atoms with E-state index < -0.39 is 13.0 Å². The Hall–Kier alpha value is -2.40. The molecule has 0 amide bonds. The van der Waals surface area contributed by atoms with E-state index in [-0.39, 0.29) is 6.04 Å². The zero-order chi connectivity index (χ0) is 18.1. The lowest BCUT2D eigenvalue weighted by Gasteiger charge is -2.13. The van der Waals surface area contributed by atoms with Crippen molar-refractivity contribution in [1.29, 1.82) is 0 Å². The molecule has 2 unspecified atom stereocenters. The van der Waals surface area contributed by atoms with Crippen LogP contribution in [0.15, 0.2) is 91.0 Å². The molecule has 3 aromatic carbocycles. The predicted molar refractivity (Wildman–Crippen MR) is 105 cm³/mol. The van der Waals surface area contributed by atoms with E-state index in [2.05, 4.69) is 0 Å². The first-order valence-corrected chi connectivity index (χ1v) is 8.36. The molecule has 0 saturated heterocycles. The molecular formula is C21H24BNO2. The van der Waals surface area contributed by atoms with E-state index >= 15 is 0 Å². The van der Waals surface area contributed by atoms with Crippen LogP contribution in [0.5, 0.6) is 0 Å². The lowest BCUT2D eigenvalue weighted by atomic mass is 9.56. The van der Waals surface area contributed by atoms with Gasteiger partial charge in [0.1, 0.15) is 0 Å². The van der Waals surface area contributed by atoms with Crippen LogP contribution in [0.1, 0.15) is 18.6 Å². The second kappa shape index (κ2) is 9.79. The van der Waals surface area contributed by atoms with Gasteiger partial charge in [0.25, 0.3) is 0 Å². The van der Waals surface area contributed by atoms with Crippen molar-refractivity contribution in [1.82, 2.24) is 0 Å². The topological polar surface area (TPSA) is 66.5 Å². The Morgan fingerprint density at radius 2 is 1.08 bits per heavy atom. The first-order valence-electron chi connectivity index (χ1n) is 8.36. The molecule has 0 radical (unpaired) electrons. The van der Waals surface area contributed by atoms with Crippen LogP contribution < -0.4 is 16.7 Å². The minimum absolute atomic E-state index is 0.211. The SMILES string of the molecule is CC(N)C(O)c1ccccc1.OB(c1ccccc1)c1ccccc1. The van der Waals surface area contributed by atoms with Gasteiger partial charge >= 0.3 is 6.92 Å². The maximum atomic E-state index is 9.99. The summed E-state index contributed by atoms with van der Waals surface area (Å²) in [7, 11) is 0. The third-order valence-corrected chi connectivity index (χ3v) is 3.87. The van der Waals surface area contributed by atoms with Crippen molar-refractivity contribution in [2.45, 2.75) is 19.1 Å². The van der Waals surface area contributed by atoms with Gasteiger partial charge in [0.15, 0.2) is 0 Å². The Balaban J connectivity index is 0.000000186. The van der Waals surface area contributed by atoms with Gasteiger partial charge in [-0.15, -0.1) is 0 Å². The largest absolute Gasteiger partial charge is 0.443 e. The second-order valence-corrected chi connectivity index (χ2v) is 5.94. The molecule has 0 spiro atoms. The summed E-state index contributed by atoms with van der Waals surface area (Å²) in [6.07, 6.45) is -0.545. The first-order chi connectivity index (χ1) is 12.1. The summed E-state index contributed by atoms with van der Waals surface area (Å²) in [5.74, 6) is 0. The van der Waals surface area contributed by atoms with Gasteiger partial charge in [-0.3, -0.25) is 0 Å². The molecule has 128 valence electrons. The number of hydrogen-bond acceptors (Lipinski definition) is 3. The average Bonchev–Trinajstić information content (AvgIpc) is 2.69. The van der Waals surface area contributed by atoms with Crippen LogP contribution in [0.4, 0.5) is 0 Å². The molecule has 3 aromatic rings. The molecule has 4 heteroatoms. The van der Waals surface area contributed by atoms with E-state index in [1.807, 2.05) is 91.0 Å². The quantitative estimate of drug-likeness (QED) is 0.639. The van der Waals surface area contributed by atoms with E-state index in [4.69, 9.17) is 5.73 Å². The maximum Gasteiger partial charge on any atom is 0.358 e. The maximum absolute atomic E-state index is 9.99. The van der Waals surface area contributed by atoms with Crippen molar-refractivity contribution in [3.05, 3.63) is 96.6 Å². The normalized spacial score (nSPS) is 12.5. The van der Waals surface area contributed by atoms with E-state index in [0.29, 0.717) is 0 Å². The van der Waals surface area contributed by atoms with Crippen LogP contribution in [0.2, 0.25) is 0 Å². The van der Waals surface area contributed by atoms with Crippen LogP contribution in [-0.4, -0.2) is 23.1 Å². The highest BCUT2D eigenvalue weighted by molar-refractivity contribution is 6.78. The summed E-state index contributed by atoms with van der Waals surface area (Å²) >= 11 is 0. The monoisotopic (exact) mass is 333 g/mol. The zero-order valence-corrected chi connectivity index (χ0v) is 14.4. The number of nitrogens with two attached hydrogens (primary N) is 1. The van der Waals surface area contributed by atoms with E-state index in [9.17, 15) is 10.1 Å². The average molecular weight is 333 g/mol.